The highest BCUT2D eigenvalue weighted by Gasteiger charge is 2.24. The van der Waals surface area contributed by atoms with Crippen LogP contribution in [0.1, 0.15) is 16.1 Å². The Morgan fingerprint density at radius 2 is 2.00 bits per heavy atom. The number of carbonyl (C=O) groups is 1. The lowest BCUT2D eigenvalue weighted by Gasteiger charge is -2.34. The van der Waals surface area contributed by atoms with E-state index in [1.165, 1.54) is 6.26 Å². The number of nitrogens with zero attached hydrogens (tertiary/aromatic N) is 2. The molecule has 0 saturated carbocycles. The molecule has 3 aromatic rings. The summed E-state index contributed by atoms with van der Waals surface area (Å²) in [7, 11) is 1.60. The maximum Gasteiger partial charge on any atom is 0.289 e. The van der Waals surface area contributed by atoms with Crippen molar-refractivity contribution < 1.29 is 13.9 Å². The fourth-order valence-electron chi connectivity index (χ4n) is 3.38. The van der Waals surface area contributed by atoms with Gasteiger partial charge in [-0.2, -0.15) is 0 Å². The molecule has 1 aliphatic heterocycles. The van der Waals surface area contributed by atoms with Gasteiger partial charge in [-0.1, -0.05) is 0 Å². The van der Waals surface area contributed by atoms with Crippen molar-refractivity contribution in [2.24, 2.45) is 0 Å². The van der Waals surface area contributed by atoms with Crippen LogP contribution in [0.25, 0.3) is 10.9 Å². The van der Waals surface area contributed by atoms with Crippen molar-refractivity contribution >= 4 is 16.8 Å². The first kappa shape index (κ1) is 17.4. The summed E-state index contributed by atoms with van der Waals surface area (Å²) in [6.45, 7) is 3.21. The summed E-state index contributed by atoms with van der Waals surface area (Å²) in [5, 5.41) is 0.969. The second-order valence-electron chi connectivity index (χ2n) is 6.62. The Morgan fingerprint density at radius 3 is 2.70 bits per heavy atom. The largest absolute Gasteiger partial charge is 0.497 e. The summed E-state index contributed by atoms with van der Waals surface area (Å²) in [4.78, 5) is 31.7. The van der Waals surface area contributed by atoms with Crippen molar-refractivity contribution in [3.8, 4) is 5.75 Å². The van der Waals surface area contributed by atoms with E-state index in [1.807, 2.05) is 24.3 Å². The van der Waals surface area contributed by atoms with E-state index in [1.54, 1.807) is 24.1 Å². The molecule has 7 nitrogen and oxygen atoms in total. The Bertz CT molecular complexity index is 1000. The zero-order valence-corrected chi connectivity index (χ0v) is 15.1. The lowest BCUT2D eigenvalue weighted by Crippen LogP contribution is -2.48. The summed E-state index contributed by atoms with van der Waals surface area (Å²) in [6, 6.07) is 11.0. The van der Waals surface area contributed by atoms with Crippen LogP contribution in [0, 0.1) is 0 Å². The van der Waals surface area contributed by atoms with Crippen LogP contribution in [0.15, 0.2) is 51.9 Å². The standard InChI is InChI=1S/C20H21N3O4/c1-26-16-5-4-14-11-15(19(24)21-17(14)12-16)13-22-6-8-23(9-7-22)20(25)18-3-2-10-27-18/h2-5,10-12H,6-9,13H2,1H3,(H,21,24). The molecule has 1 amide bonds. The maximum absolute atomic E-state index is 12.4. The predicted octanol–water partition coefficient (Wildman–Crippen LogP) is 2.09. The zero-order valence-electron chi connectivity index (χ0n) is 15.1. The fraction of sp³-hybridized carbons (Fsp3) is 0.300. The van der Waals surface area contributed by atoms with Gasteiger partial charge in [0.05, 0.1) is 18.9 Å². The highest BCUT2D eigenvalue weighted by molar-refractivity contribution is 5.91. The number of carbonyl (C=O) groups excluding carboxylic acids is 1. The molecule has 4 rings (SSSR count). The van der Waals surface area contributed by atoms with Crippen molar-refractivity contribution in [2.45, 2.75) is 6.54 Å². The van der Waals surface area contributed by atoms with E-state index in [9.17, 15) is 9.59 Å². The van der Waals surface area contributed by atoms with Gasteiger partial charge >= 0.3 is 0 Å². The number of amides is 1. The van der Waals surface area contributed by atoms with Crippen molar-refractivity contribution in [2.75, 3.05) is 33.3 Å². The minimum absolute atomic E-state index is 0.0860. The Morgan fingerprint density at radius 1 is 1.19 bits per heavy atom. The highest BCUT2D eigenvalue weighted by Crippen LogP contribution is 2.19. The number of fused-ring (bicyclic) bond motifs is 1. The summed E-state index contributed by atoms with van der Waals surface area (Å²) in [5.41, 5.74) is 1.39. The number of rotatable bonds is 4. The SMILES string of the molecule is COc1ccc2cc(CN3CCN(C(=O)c4ccco4)CC3)c(=O)[nH]c2c1. The van der Waals surface area contributed by atoms with Crippen LogP contribution in [0.2, 0.25) is 0 Å². The molecule has 1 aliphatic rings. The summed E-state index contributed by atoms with van der Waals surface area (Å²) < 4.78 is 10.4. The Kier molecular flexibility index (Phi) is 4.68. The Labute approximate surface area is 156 Å². The molecule has 0 spiro atoms. The summed E-state index contributed by atoms with van der Waals surface area (Å²) in [5.74, 6) is 0.991. The molecule has 0 bridgehead atoms. The molecule has 140 valence electrons. The minimum atomic E-state index is -0.0927. The summed E-state index contributed by atoms with van der Waals surface area (Å²) >= 11 is 0. The monoisotopic (exact) mass is 367 g/mol. The number of furan rings is 1. The number of nitrogens with one attached hydrogen (secondary N) is 1. The number of H-pyrrole nitrogens is 1. The summed E-state index contributed by atoms with van der Waals surface area (Å²) in [6.07, 6.45) is 1.51. The lowest BCUT2D eigenvalue weighted by molar-refractivity contribution is 0.0597. The second kappa shape index (κ2) is 7.28. The van der Waals surface area contributed by atoms with E-state index in [2.05, 4.69) is 9.88 Å². The third-order valence-electron chi connectivity index (χ3n) is 4.92. The molecular formula is C20H21N3O4. The van der Waals surface area contributed by atoms with Gasteiger partial charge < -0.3 is 19.0 Å². The molecule has 1 N–H and O–H groups in total. The number of aromatic amines is 1. The molecule has 0 unspecified atom stereocenters. The van der Waals surface area contributed by atoms with Crippen LogP contribution in [-0.4, -0.2) is 54.0 Å². The maximum atomic E-state index is 12.4. The number of hydrogen-bond donors (Lipinski definition) is 1. The smallest absolute Gasteiger partial charge is 0.289 e. The average molecular weight is 367 g/mol. The van der Waals surface area contributed by atoms with Crippen molar-refractivity contribution in [1.29, 1.82) is 0 Å². The van der Waals surface area contributed by atoms with E-state index in [4.69, 9.17) is 9.15 Å². The van der Waals surface area contributed by atoms with Crippen LogP contribution < -0.4 is 10.3 Å². The Balaban J connectivity index is 1.43. The molecule has 27 heavy (non-hydrogen) atoms. The van der Waals surface area contributed by atoms with Gasteiger partial charge in [0.2, 0.25) is 0 Å². The van der Waals surface area contributed by atoms with Gasteiger partial charge in [-0.15, -0.1) is 0 Å². The average Bonchev–Trinajstić information content (AvgIpc) is 3.23. The number of ether oxygens (including phenoxy) is 1. The van der Waals surface area contributed by atoms with E-state index in [0.29, 0.717) is 44.2 Å². The third kappa shape index (κ3) is 3.59. The van der Waals surface area contributed by atoms with Crippen LogP contribution >= 0.6 is 0 Å². The first-order valence-corrected chi connectivity index (χ1v) is 8.89. The Hall–Kier alpha value is -3.06. The van der Waals surface area contributed by atoms with Gasteiger partial charge in [0.1, 0.15) is 5.75 Å². The van der Waals surface area contributed by atoms with Crippen LogP contribution in [0.5, 0.6) is 5.75 Å². The van der Waals surface area contributed by atoms with Crippen molar-refractivity contribution in [3.63, 3.8) is 0 Å². The molecule has 1 aromatic carbocycles. The molecule has 1 fully saturated rings. The number of aromatic nitrogens is 1. The van der Waals surface area contributed by atoms with Gasteiger partial charge in [0.15, 0.2) is 5.76 Å². The normalized spacial score (nSPS) is 15.2. The fourth-order valence-corrected chi connectivity index (χ4v) is 3.38. The van der Waals surface area contributed by atoms with Crippen LogP contribution in [0.3, 0.4) is 0 Å². The molecule has 0 radical (unpaired) electrons. The number of methoxy groups -OCH3 is 1. The highest BCUT2D eigenvalue weighted by atomic mass is 16.5. The van der Waals surface area contributed by atoms with Gasteiger partial charge in [-0.05, 0) is 35.7 Å². The molecule has 7 heteroatoms. The topological polar surface area (TPSA) is 78.8 Å². The van der Waals surface area contributed by atoms with Gasteiger partial charge in [0, 0.05) is 44.4 Å². The molecule has 0 atom stereocenters. The van der Waals surface area contributed by atoms with Crippen LogP contribution in [0.4, 0.5) is 0 Å². The van der Waals surface area contributed by atoms with Gasteiger partial charge in [-0.3, -0.25) is 14.5 Å². The first-order chi connectivity index (χ1) is 13.1. The lowest BCUT2D eigenvalue weighted by atomic mass is 10.1. The number of piperazine rings is 1. The van der Waals surface area contributed by atoms with Gasteiger partial charge in [0.25, 0.3) is 11.5 Å². The first-order valence-electron chi connectivity index (χ1n) is 8.89. The number of pyridine rings is 1. The van der Waals surface area contributed by atoms with E-state index in [-0.39, 0.29) is 11.5 Å². The van der Waals surface area contributed by atoms with Crippen LogP contribution in [-0.2, 0) is 6.54 Å². The minimum Gasteiger partial charge on any atom is -0.497 e. The van der Waals surface area contributed by atoms with Crippen molar-refractivity contribution in [3.05, 3.63) is 64.3 Å². The number of hydrogen-bond acceptors (Lipinski definition) is 5. The molecule has 3 heterocycles. The zero-order chi connectivity index (χ0) is 18.8. The predicted molar refractivity (Wildman–Crippen MR) is 101 cm³/mol. The third-order valence-corrected chi connectivity index (χ3v) is 4.92. The van der Waals surface area contributed by atoms with E-state index < -0.39 is 0 Å². The van der Waals surface area contributed by atoms with E-state index in [0.717, 1.165) is 16.5 Å². The number of benzene rings is 1. The van der Waals surface area contributed by atoms with E-state index >= 15 is 0 Å². The second-order valence-corrected chi connectivity index (χ2v) is 6.62. The molecule has 0 aliphatic carbocycles. The van der Waals surface area contributed by atoms with Crippen molar-refractivity contribution in [1.82, 2.24) is 14.8 Å². The van der Waals surface area contributed by atoms with Gasteiger partial charge in [-0.25, -0.2) is 0 Å². The molecule has 2 aromatic heterocycles. The molecular weight excluding hydrogens is 346 g/mol. The quantitative estimate of drug-likeness (QED) is 0.764. The molecule has 1 saturated heterocycles.